The fourth-order valence-electron chi connectivity index (χ4n) is 1.40. The molecule has 0 bridgehead atoms. The first kappa shape index (κ1) is 8.15. The molecule has 1 aliphatic rings. The first-order valence-electron chi connectivity index (χ1n) is 3.91. The summed E-state index contributed by atoms with van der Waals surface area (Å²) in [7, 11) is 0. The number of carbonyl (C=O) groups excluding carboxylic acids is 2. The van der Waals surface area contributed by atoms with E-state index in [9.17, 15) is 9.59 Å². The van der Waals surface area contributed by atoms with E-state index in [1.165, 1.54) is 6.08 Å². The second kappa shape index (κ2) is 4.04. The first-order chi connectivity index (χ1) is 5.34. The van der Waals surface area contributed by atoms with Gasteiger partial charge in [0.05, 0.1) is 6.54 Å². The number of isocyanates is 1. The summed E-state index contributed by atoms with van der Waals surface area (Å²) < 4.78 is 0. The van der Waals surface area contributed by atoms with Crippen LogP contribution in [-0.2, 0) is 9.59 Å². The molecule has 1 atom stereocenters. The van der Waals surface area contributed by atoms with E-state index in [0.717, 1.165) is 19.3 Å². The van der Waals surface area contributed by atoms with Gasteiger partial charge in [-0.25, -0.2) is 9.79 Å². The standard InChI is InChI=1S/C8H11NO2/c10-6-9-5-7-3-1-2-4-8(7)11/h7H,1-5H2. The maximum absolute atomic E-state index is 11.1. The first-order valence-corrected chi connectivity index (χ1v) is 3.91. The molecule has 0 N–H and O–H groups in total. The molecule has 0 aromatic carbocycles. The molecule has 1 rings (SSSR count). The lowest BCUT2D eigenvalue weighted by molar-refractivity contribution is -0.124. The second-order valence-electron chi connectivity index (χ2n) is 2.84. The minimum absolute atomic E-state index is 0.00481. The van der Waals surface area contributed by atoms with Crippen molar-refractivity contribution in [3.8, 4) is 0 Å². The molecule has 1 aliphatic carbocycles. The van der Waals surface area contributed by atoms with E-state index < -0.39 is 0 Å². The van der Waals surface area contributed by atoms with E-state index in [-0.39, 0.29) is 11.7 Å². The smallest absolute Gasteiger partial charge is 0.234 e. The molecule has 0 radical (unpaired) electrons. The number of nitrogens with zero attached hydrogens (tertiary/aromatic N) is 1. The van der Waals surface area contributed by atoms with Crippen LogP contribution in [0.1, 0.15) is 25.7 Å². The van der Waals surface area contributed by atoms with Crippen molar-refractivity contribution in [3.63, 3.8) is 0 Å². The minimum Gasteiger partial charge on any atom is -0.299 e. The minimum atomic E-state index is 0.00481. The number of aliphatic imine (C=N–C) groups is 1. The molecule has 3 nitrogen and oxygen atoms in total. The normalized spacial score (nSPS) is 24.4. The molecule has 0 saturated heterocycles. The van der Waals surface area contributed by atoms with E-state index >= 15 is 0 Å². The Hall–Kier alpha value is -0.950. The third-order valence-corrected chi connectivity index (χ3v) is 2.06. The Balaban J connectivity index is 2.41. The third-order valence-electron chi connectivity index (χ3n) is 2.06. The van der Waals surface area contributed by atoms with E-state index in [1.54, 1.807) is 0 Å². The summed E-state index contributed by atoms with van der Waals surface area (Å²) in [6.07, 6.45) is 5.11. The molecule has 0 spiro atoms. The number of Topliss-reactive ketones (excluding diaryl/α,β-unsaturated/α-hetero) is 1. The quantitative estimate of drug-likeness (QED) is 0.440. The number of rotatable bonds is 2. The van der Waals surface area contributed by atoms with Crippen LogP contribution in [-0.4, -0.2) is 18.4 Å². The molecule has 0 amide bonds. The maximum Gasteiger partial charge on any atom is 0.234 e. The van der Waals surface area contributed by atoms with Gasteiger partial charge in [0.2, 0.25) is 6.08 Å². The summed E-state index contributed by atoms with van der Waals surface area (Å²) in [5, 5.41) is 0. The highest BCUT2D eigenvalue weighted by molar-refractivity contribution is 5.81. The second-order valence-corrected chi connectivity index (χ2v) is 2.84. The summed E-state index contributed by atoms with van der Waals surface area (Å²) in [6.45, 7) is 0.350. The Morgan fingerprint density at radius 3 is 3.00 bits per heavy atom. The van der Waals surface area contributed by atoms with Gasteiger partial charge in [-0.3, -0.25) is 4.79 Å². The number of ketones is 1. The van der Waals surface area contributed by atoms with E-state index in [4.69, 9.17) is 0 Å². The lowest BCUT2D eigenvalue weighted by atomic mass is 9.88. The lowest BCUT2D eigenvalue weighted by Gasteiger charge is -2.17. The molecule has 1 unspecified atom stereocenters. The van der Waals surface area contributed by atoms with Gasteiger partial charge in [0.1, 0.15) is 5.78 Å². The zero-order valence-corrected chi connectivity index (χ0v) is 6.38. The average molecular weight is 153 g/mol. The Labute approximate surface area is 65.5 Å². The zero-order chi connectivity index (χ0) is 8.10. The lowest BCUT2D eigenvalue weighted by Crippen LogP contribution is -2.21. The van der Waals surface area contributed by atoms with E-state index in [1.807, 2.05) is 0 Å². The Bertz CT molecular complexity index is 194. The summed E-state index contributed by atoms with van der Waals surface area (Å²) >= 11 is 0. The summed E-state index contributed by atoms with van der Waals surface area (Å²) in [5.74, 6) is 0.264. The van der Waals surface area contributed by atoms with Crippen molar-refractivity contribution in [2.45, 2.75) is 25.7 Å². The van der Waals surface area contributed by atoms with Crippen molar-refractivity contribution in [1.29, 1.82) is 0 Å². The molecule has 1 saturated carbocycles. The van der Waals surface area contributed by atoms with Gasteiger partial charge in [0, 0.05) is 12.3 Å². The summed E-state index contributed by atoms with van der Waals surface area (Å²) in [6, 6.07) is 0. The molecule has 0 aromatic heterocycles. The zero-order valence-electron chi connectivity index (χ0n) is 6.38. The summed E-state index contributed by atoms with van der Waals surface area (Å²) in [4.78, 5) is 24.3. The SMILES string of the molecule is O=C=NCC1CCCCC1=O. The number of hydrogen-bond donors (Lipinski definition) is 0. The van der Waals surface area contributed by atoms with Gasteiger partial charge < -0.3 is 0 Å². The van der Waals surface area contributed by atoms with Crippen molar-refractivity contribution in [2.75, 3.05) is 6.54 Å². The highest BCUT2D eigenvalue weighted by atomic mass is 16.1. The molecule has 3 heteroatoms. The fraction of sp³-hybridized carbons (Fsp3) is 0.750. The molecule has 60 valence electrons. The van der Waals surface area contributed by atoms with Gasteiger partial charge >= 0.3 is 0 Å². The average Bonchev–Trinajstić information content (AvgIpc) is 2.03. The van der Waals surface area contributed by atoms with Crippen LogP contribution in [0.3, 0.4) is 0 Å². The van der Waals surface area contributed by atoms with Gasteiger partial charge in [0.15, 0.2) is 0 Å². The highest BCUT2D eigenvalue weighted by Gasteiger charge is 2.21. The van der Waals surface area contributed by atoms with Crippen LogP contribution in [0.5, 0.6) is 0 Å². The number of hydrogen-bond acceptors (Lipinski definition) is 3. The van der Waals surface area contributed by atoms with Crippen molar-refractivity contribution in [3.05, 3.63) is 0 Å². The topological polar surface area (TPSA) is 46.5 Å². The Morgan fingerprint density at radius 1 is 1.55 bits per heavy atom. The van der Waals surface area contributed by atoms with Gasteiger partial charge in [-0.05, 0) is 12.8 Å². The van der Waals surface area contributed by atoms with Crippen molar-refractivity contribution in [2.24, 2.45) is 10.9 Å². The van der Waals surface area contributed by atoms with Crippen LogP contribution in [0.25, 0.3) is 0 Å². The molecule has 11 heavy (non-hydrogen) atoms. The molecular weight excluding hydrogens is 142 g/mol. The molecule has 0 aliphatic heterocycles. The van der Waals surface area contributed by atoms with Crippen molar-refractivity contribution in [1.82, 2.24) is 0 Å². The van der Waals surface area contributed by atoms with Crippen LogP contribution in [0, 0.1) is 5.92 Å². The number of carbonyl (C=O) groups is 1. The summed E-state index contributed by atoms with van der Waals surface area (Å²) in [5.41, 5.74) is 0. The molecule has 0 aromatic rings. The van der Waals surface area contributed by atoms with Crippen LogP contribution in [0.15, 0.2) is 4.99 Å². The fourth-order valence-corrected chi connectivity index (χ4v) is 1.40. The van der Waals surface area contributed by atoms with Crippen LogP contribution in [0.4, 0.5) is 0 Å². The predicted octanol–water partition coefficient (Wildman–Crippen LogP) is 1.08. The van der Waals surface area contributed by atoms with Crippen LogP contribution in [0.2, 0.25) is 0 Å². The Kier molecular flexibility index (Phi) is 2.99. The predicted molar refractivity (Wildman–Crippen MR) is 40.0 cm³/mol. The van der Waals surface area contributed by atoms with Gasteiger partial charge in [-0.1, -0.05) is 6.42 Å². The monoisotopic (exact) mass is 153 g/mol. The Morgan fingerprint density at radius 2 is 2.36 bits per heavy atom. The molecule has 0 heterocycles. The van der Waals surface area contributed by atoms with Crippen molar-refractivity contribution < 1.29 is 9.59 Å². The molecule has 1 fully saturated rings. The largest absolute Gasteiger partial charge is 0.299 e. The maximum atomic E-state index is 11.1. The van der Waals surface area contributed by atoms with Crippen molar-refractivity contribution >= 4 is 11.9 Å². The van der Waals surface area contributed by atoms with E-state index in [2.05, 4.69) is 4.99 Å². The highest BCUT2D eigenvalue weighted by Crippen LogP contribution is 2.20. The van der Waals surface area contributed by atoms with Gasteiger partial charge in [0.25, 0.3) is 0 Å². The van der Waals surface area contributed by atoms with Gasteiger partial charge in [-0.15, -0.1) is 0 Å². The van der Waals surface area contributed by atoms with E-state index in [0.29, 0.717) is 13.0 Å². The third kappa shape index (κ3) is 2.28. The van der Waals surface area contributed by atoms with Crippen LogP contribution >= 0.6 is 0 Å². The van der Waals surface area contributed by atoms with Gasteiger partial charge in [-0.2, -0.15) is 0 Å². The van der Waals surface area contributed by atoms with Crippen LogP contribution < -0.4 is 0 Å². The molecular formula is C8H11NO2.